The maximum atomic E-state index is 12.2. The average molecular weight is 249 g/mol. The van der Waals surface area contributed by atoms with E-state index in [1.165, 1.54) is 10.6 Å². The first-order valence-electron chi connectivity index (χ1n) is 6.20. The van der Waals surface area contributed by atoms with Crippen molar-refractivity contribution in [3.05, 3.63) is 28.2 Å². The monoisotopic (exact) mass is 249 g/mol. The van der Waals surface area contributed by atoms with Crippen molar-refractivity contribution in [1.29, 1.82) is 0 Å². The molecule has 0 bridgehead atoms. The van der Waals surface area contributed by atoms with Crippen LogP contribution in [0.3, 0.4) is 0 Å². The predicted octanol–water partition coefficient (Wildman–Crippen LogP) is 0.904. The molecule has 1 heterocycles. The number of nitrogens with zero attached hydrogens (tertiary/aromatic N) is 1. The zero-order chi connectivity index (χ0) is 13.3. The number of amides is 1. The zero-order valence-corrected chi connectivity index (χ0v) is 10.8. The first kappa shape index (κ1) is 12.8. The van der Waals surface area contributed by atoms with Gasteiger partial charge in [-0.3, -0.25) is 9.59 Å². The number of carbonyl (C=O) groups is 1. The second-order valence-corrected chi connectivity index (χ2v) is 5.14. The third-order valence-corrected chi connectivity index (χ3v) is 3.63. The number of nitrogens with two attached hydrogens (primary N) is 1. The minimum atomic E-state index is -0.749. The van der Waals surface area contributed by atoms with E-state index in [1.54, 1.807) is 20.2 Å². The highest BCUT2D eigenvalue weighted by Gasteiger charge is 2.37. The fraction of sp³-hybridized carbons (Fsp3) is 0.538. The van der Waals surface area contributed by atoms with Crippen molar-refractivity contribution in [3.63, 3.8) is 0 Å². The highest BCUT2D eigenvalue weighted by molar-refractivity contribution is 5.98. The van der Waals surface area contributed by atoms with Crippen molar-refractivity contribution in [2.24, 2.45) is 12.8 Å². The third kappa shape index (κ3) is 2.31. The van der Waals surface area contributed by atoms with E-state index in [2.05, 4.69) is 5.32 Å². The molecule has 1 aliphatic carbocycles. The lowest BCUT2D eigenvalue weighted by atomic mass is 9.98. The Morgan fingerprint density at radius 2 is 2.06 bits per heavy atom. The summed E-state index contributed by atoms with van der Waals surface area (Å²) in [5.74, 6) is -0.151. The predicted molar refractivity (Wildman–Crippen MR) is 70.4 cm³/mol. The molecule has 1 aliphatic rings. The van der Waals surface area contributed by atoms with E-state index in [4.69, 9.17) is 5.73 Å². The van der Waals surface area contributed by atoms with Gasteiger partial charge < -0.3 is 15.6 Å². The molecule has 1 aromatic rings. The lowest BCUT2D eigenvalue weighted by Crippen LogP contribution is -2.48. The molecule has 1 fully saturated rings. The number of pyridine rings is 1. The van der Waals surface area contributed by atoms with Gasteiger partial charge in [0, 0.05) is 19.3 Å². The number of hydrogen-bond donors (Lipinski definition) is 2. The summed E-state index contributed by atoms with van der Waals surface area (Å²) in [4.78, 5) is 23.6. The van der Waals surface area contributed by atoms with Gasteiger partial charge in [0.2, 0.25) is 5.91 Å². The molecule has 0 atom stereocenters. The molecule has 98 valence electrons. The van der Waals surface area contributed by atoms with Crippen LogP contribution in [-0.4, -0.2) is 16.0 Å². The maximum absolute atomic E-state index is 12.2. The van der Waals surface area contributed by atoms with Gasteiger partial charge in [0.05, 0.1) is 11.2 Å². The van der Waals surface area contributed by atoms with E-state index in [0.29, 0.717) is 5.69 Å². The molecule has 1 saturated carbocycles. The van der Waals surface area contributed by atoms with Crippen LogP contribution < -0.4 is 16.6 Å². The molecule has 1 aromatic heterocycles. The Hall–Kier alpha value is -1.62. The first-order valence-corrected chi connectivity index (χ1v) is 6.20. The summed E-state index contributed by atoms with van der Waals surface area (Å²) < 4.78 is 1.44. The number of aromatic nitrogens is 1. The zero-order valence-electron chi connectivity index (χ0n) is 10.8. The fourth-order valence-electron chi connectivity index (χ4n) is 2.33. The van der Waals surface area contributed by atoms with Crippen molar-refractivity contribution < 1.29 is 4.79 Å². The van der Waals surface area contributed by atoms with E-state index in [9.17, 15) is 9.59 Å². The summed E-state index contributed by atoms with van der Waals surface area (Å²) in [5, 5.41) is 2.84. The number of nitrogens with one attached hydrogen (secondary N) is 1. The van der Waals surface area contributed by atoms with Gasteiger partial charge in [-0.05, 0) is 25.3 Å². The molecule has 1 amide bonds. The van der Waals surface area contributed by atoms with E-state index in [0.717, 1.165) is 31.2 Å². The van der Waals surface area contributed by atoms with Gasteiger partial charge in [0.15, 0.2) is 0 Å². The van der Waals surface area contributed by atoms with Crippen LogP contribution >= 0.6 is 0 Å². The number of rotatable bonds is 2. The smallest absolute Gasteiger partial charge is 0.250 e. The Kier molecular flexibility index (Phi) is 3.26. The van der Waals surface area contributed by atoms with Crippen LogP contribution in [0.25, 0.3) is 0 Å². The topological polar surface area (TPSA) is 77.1 Å². The Morgan fingerprint density at radius 3 is 2.67 bits per heavy atom. The van der Waals surface area contributed by atoms with Crippen LogP contribution in [0.4, 0.5) is 5.69 Å². The summed E-state index contributed by atoms with van der Waals surface area (Å²) in [6, 6.07) is 1.51. The van der Waals surface area contributed by atoms with Gasteiger partial charge in [-0.25, -0.2) is 0 Å². The Labute approximate surface area is 106 Å². The molecule has 18 heavy (non-hydrogen) atoms. The van der Waals surface area contributed by atoms with Crippen LogP contribution in [-0.2, 0) is 11.8 Å². The molecule has 5 heteroatoms. The van der Waals surface area contributed by atoms with Crippen molar-refractivity contribution in [2.75, 3.05) is 5.32 Å². The van der Waals surface area contributed by atoms with Gasteiger partial charge >= 0.3 is 0 Å². The minimum Gasteiger partial charge on any atom is -0.323 e. The molecule has 3 N–H and O–H groups in total. The quantitative estimate of drug-likeness (QED) is 0.817. The molecule has 0 aliphatic heterocycles. The van der Waals surface area contributed by atoms with Gasteiger partial charge in [-0.15, -0.1) is 0 Å². The van der Waals surface area contributed by atoms with E-state index in [1.807, 2.05) is 0 Å². The molecule has 0 aromatic carbocycles. The molecule has 0 spiro atoms. The Morgan fingerprint density at radius 1 is 1.44 bits per heavy atom. The SMILES string of the molecule is Cc1cc(=O)n(C)cc1NC(=O)C1(N)CCCC1. The van der Waals surface area contributed by atoms with Crippen LogP contribution in [0.5, 0.6) is 0 Å². The summed E-state index contributed by atoms with van der Waals surface area (Å²) in [5.41, 5.74) is 6.66. The molecule has 0 unspecified atom stereocenters. The van der Waals surface area contributed by atoms with Gasteiger partial charge in [-0.2, -0.15) is 0 Å². The molecule has 5 nitrogen and oxygen atoms in total. The highest BCUT2D eigenvalue weighted by Crippen LogP contribution is 2.28. The molecule has 0 saturated heterocycles. The normalized spacial score (nSPS) is 17.7. The second-order valence-electron chi connectivity index (χ2n) is 5.14. The van der Waals surface area contributed by atoms with Gasteiger partial charge in [0.1, 0.15) is 0 Å². The fourth-order valence-corrected chi connectivity index (χ4v) is 2.33. The molecular formula is C13H19N3O2. The largest absolute Gasteiger partial charge is 0.323 e. The van der Waals surface area contributed by atoms with Crippen molar-refractivity contribution >= 4 is 11.6 Å². The van der Waals surface area contributed by atoms with Crippen molar-refractivity contribution in [1.82, 2.24) is 4.57 Å². The average Bonchev–Trinajstić information content (AvgIpc) is 2.74. The van der Waals surface area contributed by atoms with Gasteiger partial charge in [-0.1, -0.05) is 12.8 Å². The van der Waals surface area contributed by atoms with Crippen LogP contribution in [0.1, 0.15) is 31.2 Å². The van der Waals surface area contributed by atoms with E-state index >= 15 is 0 Å². The highest BCUT2D eigenvalue weighted by atomic mass is 16.2. The van der Waals surface area contributed by atoms with Crippen LogP contribution in [0, 0.1) is 6.92 Å². The number of hydrogen-bond acceptors (Lipinski definition) is 3. The van der Waals surface area contributed by atoms with Crippen LogP contribution in [0.15, 0.2) is 17.1 Å². The number of carbonyl (C=O) groups excluding carboxylic acids is 1. The van der Waals surface area contributed by atoms with Gasteiger partial charge in [0.25, 0.3) is 5.56 Å². The molecule has 0 radical (unpaired) electrons. The second kappa shape index (κ2) is 4.57. The van der Waals surface area contributed by atoms with Crippen LogP contribution in [0.2, 0.25) is 0 Å². The van der Waals surface area contributed by atoms with Crippen molar-refractivity contribution in [2.45, 2.75) is 38.1 Å². The Bertz CT molecular complexity index is 528. The Balaban J connectivity index is 2.22. The maximum Gasteiger partial charge on any atom is 0.250 e. The van der Waals surface area contributed by atoms with E-state index < -0.39 is 5.54 Å². The summed E-state index contributed by atoms with van der Waals surface area (Å²) in [7, 11) is 1.66. The standard InChI is InChI=1S/C13H19N3O2/c1-9-7-11(17)16(2)8-10(9)15-12(18)13(14)5-3-4-6-13/h7-8H,3-6,14H2,1-2H3,(H,15,18). The molecule has 2 rings (SSSR count). The minimum absolute atomic E-state index is 0.0890. The summed E-state index contributed by atoms with van der Waals surface area (Å²) in [6.45, 7) is 1.80. The summed E-state index contributed by atoms with van der Waals surface area (Å²) in [6.07, 6.45) is 5.08. The first-order chi connectivity index (χ1) is 8.42. The lowest BCUT2D eigenvalue weighted by molar-refractivity contribution is -0.121. The molecular weight excluding hydrogens is 230 g/mol. The van der Waals surface area contributed by atoms with Crippen molar-refractivity contribution in [3.8, 4) is 0 Å². The van der Waals surface area contributed by atoms with E-state index in [-0.39, 0.29) is 11.5 Å². The number of anilines is 1. The lowest BCUT2D eigenvalue weighted by Gasteiger charge is -2.23. The third-order valence-electron chi connectivity index (χ3n) is 3.63. The summed E-state index contributed by atoms with van der Waals surface area (Å²) >= 11 is 0. The number of aryl methyl sites for hydroxylation is 2.